The fourth-order valence-corrected chi connectivity index (χ4v) is 0.954. The molecule has 0 fully saturated rings. The third-order valence-electron chi connectivity index (χ3n) is 1.58. The largest absolute Gasteiger partial charge is 0.435 e. The van der Waals surface area contributed by atoms with Gasteiger partial charge in [0.2, 0.25) is 0 Å². The van der Waals surface area contributed by atoms with Crippen LogP contribution in [0.25, 0.3) is 0 Å². The molecule has 5 nitrogen and oxygen atoms in total. The Morgan fingerprint density at radius 3 is 2.76 bits per heavy atom. The van der Waals surface area contributed by atoms with Crippen molar-refractivity contribution < 1.29 is 22.7 Å². The third-order valence-corrected chi connectivity index (χ3v) is 1.58. The van der Waals surface area contributed by atoms with E-state index in [1.807, 2.05) is 5.43 Å². The fraction of sp³-hybridized carbons (Fsp3) is 0.111. The molecule has 0 bridgehead atoms. The lowest BCUT2D eigenvalue weighted by atomic mass is 10.2. The molecule has 0 unspecified atom stereocenters. The molecule has 0 heterocycles. The van der Waals surface area contributed by atoms with E-state index < -0.39 is 18.5 Å². The van der Waals surface area contributed by atoms with E-state index in [0.717, 1.165) is 18.3 Å². The Morgan fingerprint density at radius 1 is 1.53 bits per heavy atom. The number of alkyl halides is 2. The van der Waals surface area contributed by atoms with Gasteiger partial charge < -0.3 is 10.5 Å². The summed E-state index contributed by atoms with van der Waals surface area (Å²) >= 11 is 0. The van der Waals surface area contributed by atoms with Gasteiger partial charge in [-0.25, -0.2) is 14.6 Å². The SMILES string of the molecule is NC(=O)NN=Cc1ccc(OC(F)F)cc1F. The van der Waals surface area contributed by atoms with Gasteiger partial charge in [0.25, 0.3) is 0 Å². The van der Waals surface area contributed by atoms with Crippen LogP contribution in [0.5, 0.6) is 5.75 Å². The van der Waals surface area contributed by atoms with Gasteiger partial charge in [-0.15, -0.1) is 0 Å². The highest BCUT2D eigenvalue weighted by Crippen LogP contribution is 2.17. The summed E-state index contributed by atoms with van der Waals surface area (Å²) < 4.78 is 40.9. The molecule has 0 aliphatic rings. The predicted molar refractivity (Wildman–Crippen MR) is 53.3 cm³/mol. The summed E-state index contributed by atoms with van der Waals surface area (Å²) in [6.07, 6.45) is 0.978. The van der Waals surface area contributed by atoms with Crippen molar-refractivity contribution in [2.75, 3.05) is 0 Å². The van der Waals surface area contributed by atoms with Crippen molar-refractivity contribution in [3.8, 4) is 5.75 Å². The molecular weight excluding hydrogens is 239 g/mol. The second-order valence-corrected chi connectivity index (χ2v) is 2.80. The van der Waals surface area contributed by atoms with Crippen LogP contribution in [0.15, 0.2) is 23.3 Å². The van der Waals surface area contributed by atoms with Crippen molar-refractivity contribution in [2.24, 2.45) is 10.8 Å². The number of hydrogen-bond acceptors (Lipinski definition) is 3. The molecule has 0 spiro atoms. The van der Waals surface area contributed by atoms with E-state index in [0.29, 0.717) is 0 Å². The van der Waals surface area contributed by atoms with E-state index in [2.05, 4.69) is 9.84 Å². The Hall–Kier alpha value is -2.25. The van der Waals surface area contributed by atoms with Crippen LogP contribution in [-0.4, -0.2) is 18.9 Å². The molecule has 17 heavy (non-hydrogen) atoms. The van der Waals surface area contributed by atoms with Crippen LogP contribution >= 0.6 is 0 Å². The Balaban J connectivity index is 2.75. The number of carbonyl (C=O) groups excluding carboxylic acids is 1. The van der Waals surface area contributed by atoms with Crippen molar-refractivity contribution in [3.63, 3.8) is 0 Å². The number of nitrogens with zero attached hydrogens (tertiary/aromatic N) is 1. The number of amides is 2. The summed E-state index contributed by atoms with van der Waals surface area (Å²) in [7, 11) is 0. The average molecular weight is 247 g/mol. The standard InChI is InChI=1S/C9H8F3N3O2/c10-7-3-6(17-8(11)12)2-1-5(7)4-14-15-9(13)16/h1-4,8H,(H3,13,15,16). The molecule has 1 aromatic rings. The van der Waals surface area contributed by atoms with Crippen LogP contribution in [0.1, 0.15) is 5.56 Å². The van der Waals surface area contributed by atoms with E-state index in [4.69, 9.17) is 5.73 Å². The predicted octanol–water partition coefficient (Wildman–Crippen LogP) is 1.43. The lowest BCUT2D eigenvalue weighted by Gasteiger charge is -2.04. The lowest BCUT2D eigenvalue weighted by molar-refractivity contribution is -0.0499. The number of nitrogens with one attached hydrogen (secondary N) is 1. The topological polar surface area (TPSA) is 76.7 Å². The summed E-state index contributed by atoms with van der Waals surface area (Å²) in [5.41, 5.74) is 6.56. The first kappa shape index (κ1) is 12.8. The minimum absolute atomic E-state index is 0.0135. The molecule has 1 rings (SSSR count). The van der Waals surface area contributed by atoms with Crippen molar-refractivity contribution in [3.05, 3.63) is 29.6 Å². The number of hydrogen-bond donors (Lipinski definition) is 2. The maximum Gasteiger partial charge on any atom is 0.387 e. The number of nitrogens with two attached hydrogens (primary N) is 1. The summed E-state index contributed by atoms with van der Waals surface area (Å²) in [6, 6.07) is 2.18. The number of rotatable bonds is 4. The molecule has 3 N–H and O–H groups in total. The maximum absolute atomic E-state index is 13.3. The zero-order valence-corrected chi connectivity index (χ0v) is 8.36. The van der Waals surface area contributed by atoms with Crippen molar-refractivity contribution >= 4 is 12.2 Å². The summed E-state index contributed by atoms with van der Waals surface area (Å²) in [5.74, 6) is -1.13. The summed E-state index contributed by atoms with van der Waals surface area (Å²) in [5, 5.41) is 3.31. The number of primary amides is 1. The van der Waals surface area contributed by atoms with Crippen LogP contribution in [0.2, 0.25) is 0 Å². The second kappa shape index (κ2) is 5.73. The molecule has 92 valence electrons. The van der Waals surface area contributed by atoms with Gasteiger partial charge in [0.15, 0.2) is 0 Å². The molecule has 0 aliphatic heterocycles. The Morgan fingerprint density at radius 2 is 2.24 bits per heavy atom. The van der Waals surface area contributed by atoms with Crippen molar-refractivity contribution in [2.45, 2.75) is 6.61 Å². The quantitative estimate of drug-likeness (QED) is 0.623. The second-order valence-electron chi connectivity index (χ2n) is 2.80. The number of halogens is 3. The third kappa shape index (κ3) is 4.41. The molecule has 1 aromatic carbocycles. The Kier molecular flexibility index (Phi) is 4.32. The Labute approximate surface area is 94.1 Å². The van der Waals surface area contributed by atoms with Gasteiger partial charge in [-0.3, -0.25) is 0 Å². The van der Waals surface area contributed by atoms with Gasteiger partial charge in [0.05, 0.1) is 6.21 Å². The van der Waals surface area contributed by atoms with Gasteiger partial charge in [0.1, 0.15) is 11.6 Å². The number of benzene rings is 1. The molecule has 8 heteroatoms. The smallest absolute Gasteiger partial charge is 0.387 e. The molecule has 2 amide bonds. The summed E-state index contributed by atoms with van der Waals surface area (Å²) in [6.45, 7) is -3.02. The van der Waals surface area contributed by atoms with Gasteiger partial charge in [0, 0.05) is 11.6 Å². The van der Waals surface area contributed by atoms with E-state index >= 15 is 0 Å². The van der Waals surface area contributed by atoms with Crippen LogP contribution in [0.3, 0.4) is 0 Å². The first-order valence-electron chi connectivity index (χ1n) is 4.32. The minimum Gasteiger partial charge on any atom is -0.435 e. The monoisotopic (exact) mass is 247 g/mol. The van der Waals surface area contributed by atoms with Crippen molar-refractivity contribution in [1.82, 2.24) is 5.43 Å². The molecule has 0 aromatic heterocycles. The number of urea groups is 1. The Bertz CT molecular complexity index is 437. The minimum atomic E-state index is -3.02. The molecular formula is C9H8F3N3O2. The number of ether oxygens (including phenoxy) is 1. The average Bonchev–Trinajstić information content (AvgIpc) is 2.20. The highest BCUT2D eigenvalue weighted by Gasteiger charge is 2.07. The molecule has 0 atom stereocenters. The maximum atomic E-state index is 13.3. The van der Waals surface area contributed by atoms with Gasteiger partial charge in [-0.05, 0) is 12.1 Å². The fourth-order valence-electron chi connectivity index (χ4n) is 0.954. The van der Waals surface area contributed by atoms with Crippen molar-refractivity contribution in [1.29, 1.82) is 0 Å². The zero-order chi connectivity index (χ0) is 12.8. The van der Waals surface area contributed by atoms with Crippen LogP contribution in [0, 0.1) is 5.82 Å². The molecule has 0 aliphatic carbocycles. The van der Waals surface area contributed by atoms with E-state index in [-0.39, 0.29) is 11.3 Å². The van der Waals surface area contributed by atoms with Crippen LogP contribution in [0.4, 0.5) is 18.0 Å². The lowest BCUT2D eigenvalue weighted by Crippen LogP contribution is -2.24. The van der Waals surface area contributed by atoms with E-state index in [1.54, 1.807) is 0 Å². The highest BCUT2D eigenvalue weighted by atomic mass is 19.3. The van der Waals surface area contributed by atoms with E-state index in [9.17, 15) is 18.0 Å². The number of hydrazone groups is 1. The van der Waals surface area contributed by atoms with Gasteiger partial charge >= 0.3 is 12.6 Å². The molecule has 0 saturated heterocycles. The highest BCUT2D eigenvalue weighted by molar-refractivity contribution is 5.81. The zero-order valence-electron chi connectivity index (χ0n) is 8.36. The first-order valence-corrected chi connectivity index (χ1v) is 4.32. The van der Waals surface area contributed by atoms with Crippen LogP contribution in [-0.2, 0) is 0 Å². The molecule has 0 radical (unpaired) electrons. The molecule has 0 saturated carbocycles. The van der Waals surface area contributed by atoms with Gasteiger partial charge in [-0.2, -0.15) is 13.9 Å². The van der Waals surface area contributed by atoms with Gasteiger partial charge in [-0.1, -0.05) is 0 Å². The first-order chi connectivity index (χ1) is 7.99. The summed E-state index contributed by atoms with van der Waals surface area (Å²) in [4.78, 5) is 10.3. The normalized spacial score (nSPS) is 10.8. The number of carbonyl (C=O) groups is 1. The van der Waals surface area contributed by atoms with E-state index in [1.165, 1.54) is 6.07 Å². The van der Waals surface area contributed by atoms with Crippen LogP contribution < -0.4 is 15.9 Å².